The lowest BCUT2D eigenvalue weighted by Gasteiger charge is -2.25. The summed E-state index contributed by atoms with van der Waals surface area (Å²) in [6.45, 7) is 4.07. The first-order valence-electron chi connectivity index (χ1n) is 6.79. The molecule has 2 N–H and O–H groups in total. The van der Waals surface area contributed by atoms with Crippen LogP contribution in [0.15, 0.2) is 24.3 Å². The molecule has 0 bridgehead atoms. The van der Waals surface area contributed by atoms with Gasteiger partial charge >= 0.3 is 12.0 Å². The van der Waals surface area contributed by atoms with E-state index in [1.165, 1.54) is 0 Å². The average molecular weight is 278 g/mol. The van der Waals surface area contributed by atoms with Crippen molar-refractivity contribution in [1.82, 2.24) is 4.90 Å². The molecule has 0 spiro atoms. The number of carboxylic acids is 1. The number of benzene rings is 1. The van der Waals surface area contributed by atoms with Crippen LogP contribution in [0, 0.1) is 0 Å². The molecule has 1 rings (SSSR count). The minimum atomic E-state index is -0.917. The number of carboxylic acid groups (broad SMARTS) is 1. The SMILES string of the molecule is CCCC(C)N(C)C(=O)Nc1ccccc1CC(=O)O. The van der Waals surface area contributed by atoms with E-state index in [0.717, 1.165) is 12.8 Å². The van der Waals surface area contributed by atoms with Crippen molar-refractivity contribution in [2.75, 3.05) is 12.4 Å². The summed E-state index contributed by atoms with van der Waals surface area (Å²) in [5.41, 5.74) is 1.15. The maximum absolute atomic E-state index is 12.1. The van der Waals surface area contributed by atoms with Crippen molar-refractivity contribution in [1.29, 1.82) is 0 Å². The normalized spacial score (nSPS) is 11.8. The van der Waals surface area contributed by atoms with Crippen LogP contribution < -0.4 is 5.32 Å². The summed E-state index contributed by atoms with van der Waals surface area (Å²) in [5.74, 6) is -0.917. The highest BCUT2D eigenvalue weighted by atomic mass is 16.4. The van der Waals surface area contributed by atoms with Gasteiger partial charge in [-0.2, -0.15) is 0 Å². The summed E-state index contributed by atoms with van der Waals surface area (Å²) in [7, 11) is 1.75. The first-order chi connectivity index (χ1) is 9.45. The highest BCUT2D eigenvalue weighted by molar-refractivity contribution is 5.91. The fraction of sp³-hybridized carbons (Fsp3) is 0.467. The van der Waals surface area contributed by atoms with Gasteiger partial charge in [-0.3, -0.25) is 4.79 Å². The summed E-state index contributed by atoms with van der Waals surface area (Å²) < 4.78 is 0. The molecule has 0 aromatic heterocycles. The third kappa shape index (κ3) is 4.57. The van der Waals surface area contributed by atoms with Crippen molar-refractivity contribution in [2.24, 2.45) is 0 Å². The zero-order valence-electron chi connectivity index (χ0n) is 12.2. The second-order valence-electron chi connectivity index (χ2n) is 4.91. The topological polar surface area (TPSA) is 69.6 Å². The first kappa shape index (κ1) is 16.0. The van der Waals surface area contributed by atoms with Crippen LogP contribution in [0.5, 0.6) is 0 Å². The molecule has 5 nitrogen and oxygen atoms in total. The largest absolute Gasteiger partial charge is 0.481 e. The average Bonchev–Trinajstić information content (AvgIpc) is 2.39. The molecule has 0 aliphatic heterocycles. The Hall–Kier alpha value is -2.04. The Morgan fingerprint density at radius 1 is 1.35 bits per heavy atom. The highest BCUT2D eigenvalue weighted by Gasteiger charge is 2.16. The highest BCUT2D eigenvalue weighted by Crippen LogP contribution is 2.17. The minimum Gasteiger partial charge on any atom is -0.481 e. The van der Waals surface area contributed by atoms with E-state index in [9.17, 15) is 9.59 Å². The molecule has 0 fully saturated rings. The van der Waals surface area contributed by atoms with Gasteiger partial charge in [-0.05, 0) is 25.0 Å². The van der Waals surface area contributed by atoms with Crippen molar-refractivity contribution in [3.05, 3.63) is 29.8 Å². The van der Waals surface area contributed by atoms with Crippen molar-refractivity contribution in [3.63, 3.8) is 0 Å². The van der Waals surface area contributed by atoms with Crippen LogP contribution in [-0.4, -0.2) is 35.1 Å². The number of carbonyl (C=O) groups excluding carboxylic acids is 1. The first-order valence-corrected chi connectivity index (χ1v) is 6.79. The van der Waals surface area contributed by atoms with Crippen LogP contribution in [0.1, 0.15) is 32.3 Å². The fourth-order valence-electron chi connectivity index (χ4n) is 1.97. The molecule has 0 radical (unpaired) electrons. The summed E-state index contributed by atoms with van der Waals surface area (Å²) in [6.07, 6.45) is 1.83. The molecule has 0 saturated heterocycles. The van der Waals surface area contributed by atoms with E-state index in [2.05, 4.69) is 12.2 Å². The number of amides is 2. The molecule has 0 aliphatic carbocycles. The van der Waals surface area contributed by atoms with Gasteiger partial charge < -0.3 is 15.3 Å². The molecule has 0 saturated carbocycles. The number of rotatable bonds is 6. The Morgan fingerprint density at radius 3 is 2.60 bits per heavy atom. The monoisotopic (exact) mass is 278 g/mol. The number of hydrogen-bond acceptors (Lipinski definition) is 2. The van der Waals surface area contributed by atoms with Crippen LogP contribution >= 0.6 is 0 Å². The van der Waals surface area contributed by atoms with Crippen LogP contribution in [0.3, 0.4) is 0 Å². The molecule has 110 valence electrons. The number of anilines is 1. The zero-order chi connectivity index (χ0) is 15.1. The molecule has 1 aromatic carbocycles. The van der Waals surface area contributed by atoms with E-state index in [1.54, 1.807) is 36.2 Å². The molecule has 0 heterocycles. The number of nitrogens with zero attached hydrogens (tertiary/aromatic N) is 1. The van der Waals surface area contributed by atoms with E-state index in [1.807, 2.05) is 6.92 Å². The van der Waals surface area contributed by atoms with Gasteiger partial charge in [-0.25, -0.2) is 4.79 Å². The molecule has 0 aliphatic rings. The summed E-state index contributed by atoms with van der Waals surface area (Å²) in [5, 5.41) is 11.6. The molecular formula is C15H22N2O3. The molecule has 20 heavy (non-hydrogen) atoms. The third-order valence-corrected chi connectivity index (χ3v) is 3.29. The van der Waals surface area contributed by atoms with Gasteiger partial charge in [0.2, 0.25) is 0 Å². The van der Waals surface area contributed by atoms with Crippen molar-refractivity contribution >= 4 is 17.7 Å². The van der Waals surface area contributed by atoms with Gasteiger partial charge in [0.25, 0.3) is 0 Å². The van der Waals surface area contributed by atoms with Gasteiger partial charge in [-0.1, -0.05) is 31.5 Å². The maximum Gasteiger partial charge on any atom is 0.321 e. The van der Waals surface area contributed by atoms with Gasteiger partial charge in [-0.15, -0.1) is 0 Å². The van der Waals surface area contributed by atoms with Crippen LogP contribution in [0.4, 0.5) is 10.5 Å². The predicted molar refractivity (Wildman–Crippen MR) is 78.9 cm³/mol. The quantitative estimate of drug-likeness (QED) is 0.840. The Bertz CT molecular complexity index is 474. The van der Waals surface area contributed by atoms with Crippen molar-refractivity contribution < 1.29 is 14.7 Å². The Morgan fingerprint density at radius 2 is 2.00 bits per heavy atom. The summed E-state index contributed by atoms with van der Waals surface area (Å²) in [6, 6.07) is 6.89. The van der Waals surface area contributed by atoms with Gasteiger partial charge in [0.05, 0.1) is 6.42 Å². The lowest BCUT2D eigenvalue weighted by atomic mass is 10.1. The minimum absolute atomic E-state index is 0.106. The maximum atomic E-state index is 12.1. The van der Waals surface area contributed by atoms with Crippen LogP contribution in [0.2, 0.25) is 0 Å². The number of urea groups is 1. The van der Waals surface area contributed by atoms with E-state index < -0.39 is 5.97 Å². The number of carbonyl (C=O) groups is 2. The third-order valence-electron chi connectivity index (χ3n) is 3.29. The summed E-state index contributed by atoms with van der Waals surface area (Å²) >= 11 is 0. The van der Waals surface area contributed by atoms with Crippen LogP contribution in [-0.2, 0) is 11.2 Å². The Kier molecular flexibility index (Phi) is 6.03. The van der Waals surface area contributed by atoms with E-state index in [-0.39, 0.29) is 18.5 Å². The van der Waals surface area contributed by atoms with Gasteiger partial charge in [0.1, 0.15) is 0 Å². The second-order valence-corrected chi connectivity index (χ2v) is 4.91. The molecule has 1 aromatic rings. The van der Waals surface area contributed by atoms with Gasteiger partial charge in [0.15, 0.2) is 0 Å². The smallest absolute Gasteiger partial charge is 0.321 e. The standard InChI is InChI=1S/C15H22N2O3/c1-4-7-11(2)17(3)15(20)16-13-9-6-5-8-12(13)10-14(18)19/h5-6,8-9,11H,4,7,10H2,1-3H3,(H,16,20)(H,18,19). The van der Waals surface area contributed by atoms with Crippen molar-refractivity contribution in [2.45, 2.75) is 39.2 Å². The number of hydrogen-bond donors (Lipinski definition) is 2. The zero-order valence-corrected chi connectivity index (χ0v) is 12.2. The van der Waals surface area contributed by atoms with Gasteiger partial charge in [0, 0.05) is 18.8 Å². The van der Waals surface area contributed by atoms with E-state index in [0.29, 0.717) is 11.3 Å². The molecule has 1 atom stereocenters. The lowest BCUT2D eigenvalue weighted by molar-refractivity contribution is -0.136. The Balaban J connectivity index is 2.77. The second kappa shape index (κ2) is 7.53. The number of aliphatic carboxylic acids is 1. The molecular weight excluding hydrogens is 256 g/mol. The lowest BCUT2D eigenvalue weighted by Crippen LogP contribution is -2.38. The fourth-order valence-corrected chi connectivity index (χ4v) is 1.97. The van der Waals surface area contributed by atoms with Crippen LogP contribution in [0.25, 0.3) is 0 Å². The molecule has 5 heteroatoms. The number of para-hydroxylation sites is 1. The molecule has 1 unspecified atom stereocenters. The van der Waals surface area contributed by atoms with E-state index in [4.69, 9.17) is 5.11 Å². The predicted octanol–water partition coefficient (Wildman–Crippen LogP) is 2.97. The Labute approximate surface area is 119 Å². The number of nitrogens with one attached hydrogen (secondary N) is 1. The van der Waals surface area contributed by atoms with E-state index >= 15 is 0 Å². The molecule has 2 amide bonds. The van der Waals surface area contributed by atoms with Crippen molar-refractivity contribution in [3.8, 4) is 0 Å². The summed E-state index contributed by atoms with van der Waals surface area (Å²) in [4.78, 5) is 24.6.